The van der Waals surface area contributed by atoms with Crippen molar-refractivity contribution in [2.24, 2.45) is 0 Å². The number of hydrogen-bond donors (Lipinski definition) is 2. The van der Waals surface area contributed by atoms with Gasteiger partial charge in [-0.25, -0.2) is 0 Å². The van der Waals surface area contributed by atoms with Crippen LogP contribution in [0.5, 0.6) is 11.5 Å². The second-order valence-corrected chi connectivity index (χ2v) is 5.43. The van der Waals surface area contributed by atoms with E-state index in [0.717, 1.165) is 11.1 Å². The predicted octanol–water partition coefficient (Wildman–Crippen LogP) is 6.72. The van der Waals surface area contributed by atoms with Gasteiger partial charge in [0.1, 0.15) is 11.5 Å². The Bertz CT molecular complexity index is 503. The molecule has 2 aromatic carbocycles. The molecule has 0 amide bonds. The summed E-state index contributed by atoms with van der Waals surface area (Å²) in [5, 5.41) is 18.6. The topological polar surface area (TPSA) is 40.5 Å². The van der Waals surface area contributed by atoms with Crippen molar-refractivity contribution in [1.82, 2.24) is 0 Å². The number of para-hydroxylation sites is 2. The summed E-state index contributed by atoms with van der Waals surface area (Å²) >= 11 is 0. The van der Waals surface area contributed by atoms with Gasteiger partial charge in [-0.1, -0.05) is 64.1 Å². The third-order valence-corrected chi connectivity index (χ3v) is 3.12. The maximum absolute atomic E-state index is 9.28. The summed E-state index contributed by atoms with van der Waals surface area (Å²) < 4.78 is 0. The van der Waals surface area contributed by atoms with Gasteiger partial charge in [0.05, 0.1) is 0 Å². The summed E-state index contributed by atoms with van der Waals surface area (Å²) in [6.07, 6.45) is 0. The van der Waals surface area contributed by atoms with Crippen LogP contribution in [0.15, 0.2) is 48.5 Å². The first-order chi connectivity index (χ1) is 9.43. The van der Waals surface area contributed by atoms with Crippen molar-refractivity contribution in [2.45, 2.75) is 39.5 Å². The number of phenolic OH excluding ortho intramolecular Hbond substituents is 2. The molecule has 0 fully saturated rings. The Morgan fingerprint density at radius 1 is 0.560 bits per heavy atom. The van der Waals surface area contributed by atoms with E-state index < -0.39 is 0 Å². The van der Waals surface area contributed by atoms with Crippen LogP contribution in [0.2, 0.25) is 0 Å². The minimum Gasteiger partial charge on any atom is -0.508 e. The van der Waals surface area contributed by atoms with E-state index in [4.69, 9.17) is 0 Å². The van der Waals surface area contributed by atoms with Crippen molar-refractivity contribution >= 4 is 49.6 Å². The van der Waals surface area contributed by atoms with E-state index in [9.17, 15) is 10.2 Å². The molecule has 0 radical (unpaired) electrons. The van der Waals surface area contributed by atoms with E-state index in [1.54, 1.807) is 12.1 Å². The fourth-order valence-electron chi connectivity index (χ4n) is 1.95. The summed E-state index contributed by atoms with van der Waals surface area (Å²) in [4.78, 5) is 0. The number of rotatable bonds is 2. The second kappa shape index (κ2) is 18.7. The van der Waals surface area contributed by atoms with Gasteiger partial charge < -0.3 is 10.2 Å². The quantitative estimate of drug-likeness (QED) is 0.401. The van der Waals surface area contributed by atoms with Crippen LogP contribution in [0.25, 0.3) is 0 Å². The SMILES string of the molecule is CC(C)c1ccccc1O.CC(C)c1ccccc1O.Cl.Cl.Cl.Cl.[W]. The van der Waals surface area contributed by atoms with Gasteiger partial charge in [-0.05, 0) is 35.1 Å². The molecule has 0 unspecified atom stereocenters. The average Bonchev–Trinajstić information content (AvgIpc) is 2.40. The van der Waals surface area contributed by atoms with Gasteiger partial charge in [0.2, 0.25) is 0 Å². The second-order valence-electron chi connectivity index (χ2n) is 5.43. The molecule has 2 aromatic rings. The molecule has 0 saturated carbocycles. The van der Waals surface area contributed by atoms with Gasteiger partial charge in [-0.3, -0.25) is 0 Å². The Labute approximate surface area is 190 Å². The van der Waals surface area contributed by atoms with Gasteiger partial charge in [0, 0.05) is 21.1 Å². The summed E-state index contributed by atoms with van der Waals surface area (Å²) in [6.45, 7) is 8.26. The molecule has 0 heterocycles. The summed E-state index contributed by atoms with van der Waals surface area (Å²) in [5.41, 5.74) is 2.03. The molecule has 0 aromatic heterocycles. The molecule has 0 atom stereocenters. The van der Waals surface area contributed by atoms with Crippen molar-refractivity contribution < 1.29 is 31.3 Å². The minimum atomic E-state index is 0. The summed E-state index contributed by atoms with van der Waals surface area (Å²) in [5.74, 6) is 1.61. The molecule has 0 saturated heterocycles. The van der Waals surface area contributed by atoms with E-state index in [2.05, 4.69) is 27.7 Å². The summed E-state index contributed by atoms with van der Waals surface area (Å²) in [7, 11) is 0. The molecule has 0 aliphatic carbocycles. The van der Waals surface area contributed by atoms with Gasteiger partial charge in [0.25, 0.3) is 0 Å². The number of halogens is 4. The average molecular weight is 602 g/mol. The Morgan fingerprint density at radius 3 is 0.960 bits per heavy atom. The van der Waals surface area contributed by atoms with Gasteiger partial charge in [-0.2, -0.15) is 0 Å². The zero-order valence-corrected chi connectivity index (χ0v) is 20.9. The molecule has 0 aliphatic heterocycles. The molecular formula is C18H28Cl4O2W. The fraction of sp³-hybridized carbons (Fsp3) is 0.333. The van der Waals surface area contributed by atoms with Crippen molar-refractivity contribution in [2.75, 3.05) is 0 Å². The fourth-order valence-corrected chi connectivity index (χ4v) is 1.95. The molecule has 0 aliphatic rings. The Kier molecular flexibility index (Phi) is 26.8. The largest absolute Gasteiger partial charge is 0.508 e. The van der Waals surface area contributed by atoms with E-state index in [1.807, 2.05) is 36.4 Å². The summed E-state index contributed by atoms with van der Waals surface area (Å²) in [6, 6.07) is 14.9. The van der Waals surface area contributed by atoms with E-state index in [1.165, 1.54) is 0 Å². The maximum atomic E-state index is 9.28. The van der Waals surface area contributed by atoms with Crippen LogP contribution in [0.4, 0.5) is 0 Å². The Balaban J connectivity index is -0.0000000889. The van der Waals surface area contributed by atoms with Crippen LogP contribution < -0.4 is 0 Å². The molecule has 0 spiro atoms. The third-order valence-electron chi connectivity index (χ3n) is 3.12. The maximum Gasteiger partial charge on any atom is 0.119 e. The zero-order chi connectivity index (χ0) is 15.1. The van der Waals surface area contributed by atoms with E-state index >= 15 is 0 Å². The standard InChI is InChI=1S/2C9H12O.4ClH.W/c2*1-7(2)8-5-3-4-6-9(8)10;;;;;/h2*3-7,10H,1-2H3;4*1H;. The van der Waals surface area contributed by atoms with Crippen molar-refractivity contribution in [1.29, 1.82) is 0 Å². The molecule has 2 N–H and O–H groups in total. The normalized spacial score (nSPS) is 8.24. The van der Waals surface area contributed by atoms with Gasteiger partial charge in [-0.15, -0.1) is 49.6 Å². The molecular weight excluding hydrogens is 574 g/mol. The monoisotopic (exact) mass is 600 g/mol. The predicted molar refractivity (Wildman–Crippen MR) is 113 cm³/mol. The first kappa shape index (κ1) is 35.9. The minimum absolute atomic E-state index is 0. The van der Waals surface area contributed by atoms with Gasteiger partial charge >= 0.3 is 0 Å². The number of hydrogen-bond acceptors (Lipinski definition) is 2. The van der Waals surface area contributed by atoms with E-state index in [-0.39, 0.29) is 70.7 Å². The van der Waals surface area contributed by atoms with E-state index in [0.29, 0.717) is 23.3 Å². The first-order valence-electron chi connectivity index (χ1n) is 6.99. The number of phenols is 2. The first-order valence-corrected chi connectivity index (χ1v) is 6.99. The van der Waals surface area contributed by atoms with Crippen LogP contribution in [-0.4, -0.2) is 10.2 Å². The van der Waals surface area contributed by atoms with Crippen molar-refractivity contribution in [3.63, 3.8) is 0 Å². The molecule has 0 bridgehead atoms. The molecule has 146 valence electrons. The van der Waals surface area contributed by atoms with Crippen molar-refractivity contribution in [3.8, 4) is 11.5 Å². The van der Waals surface area contributed by atoms with Crippen LogP contribution in [0.3, 0.4) is 0 Å². The molecule has 7 heteroatoms. The van der Waals surface area contributed by atoms with Crippen LogP contribution in [0, 0.1) is 0 Å². The zero-order valence-electron chi connectivity index (χ0n) is 14.7. The Hall–Kier alpha value is -0.112. The van der Waals surface area contributed by atoms with Crippen LogP contribution in [0.1, 0.15) is 50.7 Å². The molecule has 2 nitrogen and oxygen atoms in total. The Morgan fingerprint density at radius 2 is 0.800 bits per heavy atom. The van der Waals surface area contributed by atoms with Gasteiger partial charge in [0.15, 0.2) is 0 Å². The molecule has 2 rings (SSSR count). The molecule has 25 heavy (non-hydrogen) atoms. The van der Waals surface area contributed by atoms with Crippen LogP contribution >= 0.6 is 49.6 Å². The smallest absolute Gasteiger partial charge is 0.119 e. The van der Waals surface area contributed by atoms with Crippen LogP contribution in [-0.2, 0) is 21.1 Å². The number of aromatic hydroxyl groups is 2. The number of benzene rings is 2. The van der Waals surface area contributed by atoms with Crippen molar-refractivity contribution in [3.05, 3.63) is 59.7 Å². The third kappa shape index (κ3) is 12.8.